The lowest BCUT2D eigenvalue weighted by atomic mass is 9.93. The minimum Gasteiger partial charge on any atom is -0.374 e. The molecule has 1 aliphatic carbocycles. The number of hydrogen-bond donors (Lipinski definition) is 1. The molecule has 1 aromatic carbocycles. The third-order valence-electron chi connectivity index (χ3n) is 4.47. The molecule has 0 spiro atoms. The van der Waals surface area contributed by atoms with Crippen molar-refractivity contribution in [2.45, 2.75) is 71.6 Å². The molecule has 0 radical (unpaired) electrons. The van der Waals surface area contributed by atoms with E-state index in [9.17, 15) is 0 Å². The van der Waals surface area contributed by atoms with Crippen molar-refractivity contribution < 1.29 is 4.74 Å². The Morgan fingerprint density at radius 1 is 1.10 bits per heavy atom. The molecule has 1 saturated carbocycles. The van der Waals surface area contributed by atoms with Gasteiger partial charge in [-0.25, -0.2) is 0 Å². The van der Waals surface area contributed by atoms with Crippen molar-refractivity contribution in [3.63, 3.8) is 0 Å². The van der Waals surface area contributed by atoms with Crippen LogP contribution >= 0.6 is 0 Å². The topological polar surface area (TPSA) is 21.3 Å². The number of hydrogen-bond acceptors (Lipinski definition) is 2. The van der Waals surface area contributed by atoms with Gasteiger partial charge in [-0.05, 0) is 69.2 Å². The summed E-state index contributed by atoms with van der Waals surface area (Å²) >= 11 is 0. The Morgan fingerprint density at radius 3 is 2.35 bits per heavy atom. The van der Waals surface area contributed by atoms with Gasteiger partial charge in [0, 0.05) is 6.04 Å². The lowest BCUT2D eigenvalue weighted by Gasteiger charge is -2.29. The van der Waals surface area contributed by atoms with Gasteiger partial charge in [0.15, 0.2) is 0 Å². The van der Waals surface area contributed by atoms with E-state index in [1.54, 1.807) is 0 Å². The van der Waals surface area contributed by atoms with Crippen molar-refractivity contribution in [2.75, 3.05) is 6.54 Å². The molecule has 1 aliphatic rings. The molecule has 0 unspecified atom stereocenters. The molecule has 2 heteroatoms. The number of ether oxygens (including phenoxy) is 1. The average molecular weight is 275 g/mol. The molecule has 2 nitrogen and oxygen atoms in total. The zero-order valence-corrected chi connectivity index (χ0v) is 13.2. The van der Waals surface area contributed by atoms with Gasteiger partial charge in [0.1, 0.15) is 0 Å². The van der Waals surface area contributed by atoms with Crippen LogP contribution in [0.15, 0.2) is 18.2 Å². The van der Waals surface area contributed by atoms with E-state index in [0.29, 0.717) is 6.10 Å². The van der Waals surface area contributed by atoms with Gasteiger partial charge in [-0.2, -0.15) is 0 Å². The van der Waals surface area contributed by atoms with E-state index in [0.717, 1.165) is 19.2 Å². The largest absolute Gasteiger partial charge is 0.374 e. The monoisotopic (exact) mass is 275 g/mol. The Morgan fingerprint density at radius 2 is 1.75 bits per heavy atom. The Bertz CT molecular complexity index is 388. The Kier molecular flexibility index (Phi) is 6.06. The molecular weight excluding hydrogens is 246 g/mol. The maximum absolute atomic E-state index is 6.16. The van der Waals surface area contributed by atoms with Crippen LogP contribution in [0.2, 0.25) is 0 Å². The first-order chi connectivity index (χ1) is 9.70. The molecule has 0 amide bonds. The molecule has 2 rings (SSSR count). The maximum Gasteiger partial charge on any atom is 0.0725 e. The van der Waals surface area contributed by atoms with Gasteiger partial charge in [0.05, 0.1) is 12.7 Å². The van der Waals surface area contributed by atoms with Gasteiger partial charge in [-0.15, -0.1) is 0 Å². The number of rotatable bonds is 6. The van der Waals surface area contributed by atoms with Crippen LogP contribution in [-0.4, -0.2) is 18.7 Å². The zero-order chi connectivity index (χ0) is 14.4. The lowest BCUT2D eigenvalue weighted by molar-refractivity contribution is 0.0109. The first-order valence-corrected chi connectivity index (χ1v) is 8.10. The van der Waals surface area contributed by atoms with Crippen LogP contribution in [0.1, 0.15) is 55.7 Å². The van der Waals surface area contributed by atoms with Gasteiger partial charge >= 0.3 is 0 Å². The SMILES string of the molecule is CCCNC1CCC(OCc2c(C)cccc2C)CC1. The molecule has 1 aromatic rings. The highest BCUT2D eigenvalue weighted by Gasteiger charge is 2.21. The van der Waals surface area contributed by atoms with Crippen LogP contribution in [0.5, 0.6) is 0 Å². The van der Waals surface area contributed by atoms with Crippen LogP contribution < -0.4 is 5.32 Å². The summed E-state index contributed by atoms with van der Waals surface area (Å²) in [6, 6.07) is 7.20. The van der Waals surface area contributed by atoms with Crippen molar-refractivity contribution in [1.29, 1.82) is 0 Å². The van der Waals surface area contributed by atoms with Crippen molar-refractivity contribution in [3.8, 4) is 0 Å². The summed E-state index contributed by atoms with van der Waals surface area (Å²) in [7, 11) is 0. The van der Waals surface area contributed by atoms with E-state index in [1.165, 1.54) is 48.8 Å². The van der Waals surface area contributed by atoms with Gasteiger partial charge in [0.25, 0.3) is 0 Å². The summed E-state index contributed by atoms with van der Waals surface area (Å²) in [5.74, 6) is 0. The minimum absolute atomic E-state index is 0.452. The molecule has 1 N–H and O–H groups in total. The Balaban J connectivity index is 1.76. The highest BCUT2D eigenvalue weighted by molar-refractivity contribution is 5.32. The predicted octanol–water partition coefficient (Wildman–Crippen LogP) is 4.13. The second-order valence-electron chi connectivity index (χ2n) is 6.11. The van der Waals surface area contributed by atoms with E-state index in [-0.39, 0.29) is 0 Å². The molecule has 0 aromatic heterocycles. The summed E-state index contributed by atoms with van der Waals surface area (Å²) in [5, 5.41) is 3.63. The molecule has 0 aliphatic heterocycles. The minimum atomic E-state index is 0.452. The second kappa shape index (κ2) is 7.80. The van der Waals surface area contributed by atoms with E-state index < -0.39 is 0 Å². The van der Waals surface area contributed by atoms with Crippen molar-refractivity contribution in [2.24, 2.45) is 0 Å². The molecular formula is C18H29NO. The summed E-state index contributed by atoms with van der Waals surface area (Å²) in [4.78, 5) is 0. The van der Waals surface area contributed by atoms with Gasteiger partial charge in [-0.1, -0.05) is 25.1 Å². The van der Waals surface area contributed by atoms with Crippen LogP contribution in [-0.2, 0) is 11.3 Å². The zero-order valence-electron chi connectivity index (χ0n) is 13.2. The standard InChI is InChI=1S/C18H29NO/c1-4-12-19-16-8-10-17(11-9-16)20-13-18-14(2)6-5-7-15(18)3/h5-7,16-17,19H,4,8-13H2,1-3H3. The molecule has 20 heavy (non-hydrogen) atoms. The number of nitrogens with one attached hydrogen (secondary N) is 1. The highest BCUT2D eigenvalue weighted by Crippen LogP contribution is 2.23. The molecule has 112 valence electrons. The summed E-state index contributed by atoms with van der Waals surface area (Å²) in [6.45, 7) is 8.51. The van der Waals surface area contributed by atoms with Crippen molar-refractivity contribution in [1.82, 2.24) is 5.32 Å². The smallest absolute Gasteiger partial charge is 0.0725 e. The third-order valence-corrected chi connectivity index (χ3v) is 4.47. The molecule has 0 heterocycles. The quantitative estimate of drug-likeness (QED) is 0.843. The predicted molar refractivity (Wildman–Crippen MR) is 85.0 cm³/mol. The molecule has 1 fully saturated rings. The molecule has 0 atom stereocenters. The Hall–Kier alpha value is -0.860. The van der Waals surface area contributed by atoms with Gasteiger partial charge in [0.2, 0.25) is 0 Å². The summed E-state index contributed by atoms with van der Waals surface area (Å²) < 4.78 is 6.16. The van der Waals surface area contributed by atoms with Crippen molar-refractivity contribution in [3.05, 3.63) is 34.9 Å². The van der Waals surface area contributed by atoms with Gasteiger partial charge < -0.3 is 10.1 Å². The first-order valence-electron chi connectivity index (χ1n) is 8.10. The second-order valence-corrected chi connectivity index (χ2v) is 6.11. The fraction of sp³-hybridized carbons (Fsp3) is 0.667. The van der Waals surface area contributed by atoms with Crippen molar-refractivity contribution >= 4 is 0 Å². The molecule has 0 bridgehead atoms. The van der Waals surface area contributed by atoms with Crippen LogP contribution in [0.3, 0.4) is 0 Å². The lowest BCUT2D eigenvalue weighted by Crippen LogP contribution is -2.35. The van der Waals surface area contributed by atoms with Crippen LogP contribution in [0.25, 0.3) is 0 Å². The third kappa shape index (κ3) is 4.32. The average Bonchev–Trinajstić information content (AvgIpc) is 2.46. The normalized spacial score (nSPS) is 22.9. The van der Waals surface area contributed by atoms with Gasteiger partial charge in [-0.3, -0.25) is 0 Å². The fourth-order valence-electron chi connectivity index (χ4n) is 3.06. The van der Waals surface area contributed by atoms with E-state index in [2.05, 4.69) is 44.3 Å². The number of aryl methyl sites for hydroxylation is 2. The van der Waals surface area contributed by atoms with E-state index >= 15 is 0 Å². The number of benzene rings is 1. The van der Waals surface area contributed by atoms with E-state index in [1.807, 2.05) is 0 Å². The molecule has 0 saturated heterocycles. The Labute approximate surface area is 123 Å². The first kappa shape index (κ1) is 15.5. The summed E-state index contributed by atoms with van der Waals surface area (Å²) in [5.41, 5.74) is 4.07. The highest BCUT2D eigenvalue weighted by atomic mass is 16.5. The van der Waals surface area contributed by atoms with E-state index in [4.69, 9.17) is 4.74 Å². The van der Waals surface area contributed by atoms with Crippen LogP contribution in [0.4, 0.5) is 0 Å². The van der Waals surface area contributed by atoms with Crippen LogP contribution in [0, 0.1) is 13.8 Å². The summed E-state index contributed by atoms with van der Waals surface area (Å²) in [6.07, 6.45) is 6.60. The maximum atomic E-state index is 6.16. The fourth-order valence-corrected chi connectivity index (χ4v) is 3.06.